The third-order valence-electron chi connectivity index (χ3n) is 2.90. The number of primary amides is 1. The molecule has 2 rings (SSSR count). The van der Waals surface area contributed by atoms with E-state index < -0.39 is 0 Å². The summed E-state index contributed by atoms with van der Waals surface area (Å²) in [5.74, 6) is -0.333. The minimum Gasteiger partial charge on any atom is -0.369 e. The van der Waals surface area contributed by atoms with Gasteiger partial charge in [-0.2, -0.15) is 0 Å². The van der Waals surface area contributed by atoms with Gasteiger partial charge in [-0.25, -0.2) is 4.98 Å². The second kappa shape index (κ2) is 5.48. The average Bonchev–Trinajstić information content (AvgIpc) is 2.77. The Morgan fingerprint density at radius 1 is 1.42 bits per heavy atom. The highest BCUT2D eigenvalue weighted by atomic mass is 32.2. The minimum absolute atomic E-state index is 0.299. The van der Waals surface area contributed by atoms with Crippen molar-refractivity contribution in [2.75, 3.05) is 0 Å². The number of nitrogens with two attached hydrogens (primary N) is 1. The zero-order valence-corrected chi connectivity index (χ0v) is 12.1. The zero-order valence-electron chi connectivity index (χ0n) is 11.3. The van der Waals surface area contributed by atoms with Gasteiger partial charge in [-0.15, -0.1) is 0 Å². The predicted molar refractivity (Wildman–Crippen MR) is 77.6 cm³/mol. The first-order valence-electron chi connectivity index (χ1n) is 6.06. The molecule has 1 aromatic heterocycles. The van der Waals surface area contributed by atoms with Crippen molar-refractivity contribution in [3.8, 4) is 5.69 Å². The van der Waals surface area contributed by atoms with E-state index in [0.29, 0.717) is 0 Å². The van der Waals surface area contributed by atoms with Crippen molar-refractivity contribution in [2.24, 2.45) is 5.73 Å². The smallest absolute Gasteiger partial charge is 0.230 e. The van der Waals surface area contributed by atoms with Gasteiger partial charge in [0.1, 0.15) is 0 Å². The molecule has 19 heavy (non-hydrogen) atoms. The van der Waals surface area contributed by atoms with Gasteiger partial charge in [0.05, 0.1) is 10.9 Å². The van der Waals surface area contributed by atoms with Crippen LogP contribution in [-0.4, -0.2) is 20.7 Å². The molecule has 0 saturated carbocycles. The first-order valence-corrected chi connectivity index (χ1v) is 6.94. The van der Waals surface area contributed by atoms with Gasteiger partial charge >= 0.3 is 0 Å². The van der Waals surface area contributed by atoms with E-state index in [-0.39, 0.29) is 11.2 Å². The second-order valence-electron chi connectivity index (χ2n) is 4.53. The van der Waals surface area contributed by atoms with Gasteiger partial charge in [0.25, 0.3) is 0 Å². The lowest BCUT2D eigenvalue weighted by Gasteiger charge is -2.12. The van der Waals surface area contributed by atoms with E-state index in [1.165, 1.54) is 22.9 Å². The molecule has 1 amide bonds. The van der Waals surface area contributed by atoms with Crippen LogP contribution in [0.1, 0.15) is 18.1 Å². The molecule has 0 bridgehead atoms. The normalized spacial score (nSPS) is 12.4. The maximum Gasteiger partial charge on any atom is 0.230 e. The summed E-state index contributed by atoms with van der Waals surface area (Å²) in [4.78, 5) is 15.4. The fourth-order valence-electron chi connectivity index (χ4n) is 1.85. The first kappa shape index (κ1) is 13.7. The summed E-state index contributed by atoms with van der Waals surface area (Å²) in [5, 5.41) is 0.477. The highest BCUT2D eigenvalue weighted by molar-refractivity contribution is 8.00. The van der Waals surface area contributed by atoms with Gasteiger partial charge < -0.3 is 5.73 Å². The third kappa shape index (κ3) is 2.98. The summed E-state index contributed by atoms with van der Waals surface area (Å²) in [7, 11) is 0. The van der Waals surface area contributed by atoms with Crippen LogP contribution in [0.2, 0.25) is 0 Å². The summed E-state index contributed by atoms with van der Waals surface area (Å²) in [6, 6.07) is 6.25. The molecule has 0 aliphatic rings. The van der Waals surface area contributed by atoms with Crippen molar-refractivity contribution in [3.05, 3.63) is 41.7 Å². The fraction of sp³-hybridized carbons (Fsp3) is 0.286. The third-order valence-corrected chi connectivity index (χ3v) is 4.00. The molecule has 0 radical (unpaired) electrons. The van der Waals surface area contributed by atoms with Crippen molar-refractivity contribution in [3.63, 3.8) is 0 Å². The SMILES string of the molecule is Cc1ccc(-n2ccnc2SC(C)C(N)=O)c(C)c1. The monoisotopic (exact) mass is 275 g/mol. The van der Waals surface area contributed by atoms with E-state index in [4.69, 9.17) is 5.73 Å². The van der Waals surface area contributed by atoms with Crippen molar-refractivity contribution in [1.29, 1.82) is 0 Å². The van der Waals surface area contributed by atoms with Crippen LogP contribution in [0, 0.1) is 13.8 Å². The molecule has 0 fully saturated rings. The second-order valence-corrected chi connectivity index (χ2v) is 5.84. The number of hydrogen-bond acceptors (Lipinski definition) is 3. The maximum absolute atomic E-state index is 11.1. The summed E-state index contributed by atoms with van der Waals surface area (Å²) >= 11 is 1.37. The molecule has 0 saturated heterocycles. The number of nitrogens with zero attached hydrogens (tertiary/aromatic N) is 2. The van der Waals surface area contributed by atoms with Crippen LogP contribution in [-0.2, 0) is 4.79 Å². The van der Waals surface area contributed by atoms with Crippen molar-refractivity contribution in [1.82, 2.24) is 9.55 Å². The molecule has 1 unspecified atom stereocenters. The molecule has 1 heterocycles. The Bertz CT molecular complexity index is 606. The van der Waals surface area contributed by atoms with E-state index in [0.717, 1.165) is 10.8 Å². The Labute approximate surface area is 117 Å². The Hall–Kier alpha value is -1.75. The van der Waals surface area contributed by atoms with Crippen molar-refractivity contribution < 1.29 is 4.79 Å². The van der Waals surface area contributed by atoms with Crippen LogP contribution < -0.4 is 5.73 Å². The highest BCUT2D eigenvalue weighted by Crippen LogP contribution is 2.26. The number of aromatic nitrogens is 2. The molecule has 4 nitrogen and oxygen atoms in total. The highest BCUT2D eigenvalue weighted by Gasteiger charge is 2.15. The van der Waals surface area contributed by atoms with Crippen molar-refractivity contribution in [2.45, 2.75) is 31.2 Å². The van der Waals surface area contributed by atoms with Gasteiger partial charge in [-0.05, 0) is 32.4 Å². The minimum atomic E-state index is -0.333. The summed E-state index contributed by atoms with van der Waals surface area (Å²) in [6.45, 7) is 5.91. The lowest BCUT2D eigenvalue weighted by atomic mass is 10.1. The predicted octanol–water partition coefficient (Wildman–Crippen LogP) is 2.46. The Morgan fingerprint density at radius 3 is 2.79 bits per heavy atom. The number of hydrogen-bond donors (Lipinski definition) is 1. The van der Waals surface area contributed by atoms with Gasteiger partial charge in [0.2, 0.25) is 5.91 Å². The number of benzene rings is 1. The number of thioether (sulfide) groups is 1. The van der Waals surface area contributed by atoms with E-state index in [9.17, 15) is 4.79 Å². The van der Waals surface area contributed by atoms with Crippen LogP contribution in [0.5, 0.6) is 0 Å². The van der Waals surface area contributed by atoms with E-state index in [1.54, 1.807) is 13.1 Å². The number of amides is 1. The van der Waals surface area contributed by atoms with Gasteiger partial charge in [0, 0.05) is 12.4 Å². The van der Waals surface area contributed by atoms with Crippen LogP contribution in [0.3, 0.4) is 0 Å². The lowest BCUT2D eigenvalue weighted by Crippen LogP contribution is -2.23. The first-order chi connectivity index (χ1) is 8.99. The molecule has 0 aliphatic heterocycles. The molecule has 2 N–H and O–H groups in total. The Balaban J connectivity index is 2.36. The number of carbonyl (C=O) groups excluding carboxylic acids is 1. The summed E-state index contributed by atoms with van der Waals surface area (Å²) in [5.41, 5.74) is 8.76. The molecule has 0 spiro atoms. The van der Waals surface area contributed by atoms with Crippen LogP contribution in [0.4, 0.5) is 0 Å². The number of carbonyl (C=O) groups is 1. The van der Waals surface area contributed by atoms with Crippen LogP contribution in [0.25, 0.3) is 5.69 Å². The number of imidazole rings is 1. The maximum atomic E-state index is 11.1. The van der Waals surface area contributed by atoms with E-state index in [1.807, 2.05) is 10.8 Å². The molecule has 0 aliphatic carbocycles. The zero-order chi connectivity index (χ0) is 14.0. The van der Waals surface area contributed by atoms with Gasteiger partial charge in [-0.3, -0.25) is 9.36 Å². The molecule has 2 aromatic rings. The fourth-order valence-corrected chi connectivity index (χ4v) is 2.68. The van der Waals surface area contributed by atoms with E-state index >= 15 is 0 Å². The average molecular weight is 275 g/mol. The molecule has 5 heteroatoms. The lowest BCUT2D eigenvalue weighted by molar-refractivity contribution is -0.117. The summed E-state index contributed by atoms with van der Waals surface area (Å²) in [6.07, 6.45) is 3.63. The Kier molecular flexibility index (Phi) is 3.95. The molecule has 100 valence electrons. The number of aryl methyl sites for hydroxylation is 2. The van der Waals surface area contributed by atoms with E-state index in [2.05, 4.69) is 37.0 Å². The topological polar surface area (TPSA) is 60.9 Å². The standard InChI is InChI=1S/C14H17N3OS/c1-9-4-5-12(10(2)8-9)17-7-6-16-14(17)19-11(3)13(15)18/h4-8,11H,1-3H3,(H2,15,18). The number of rotatable bonds is 4. The summed E-state index contributed by atoms with van der Waals surface area (Å²) < 4.78 is 1.98. The quantitative estimate of drug-likeness (QED) is 0.872. The largest absolute Gasteiger partial charge is 0.369 e. The Morgan fingerprint density at radius 2 is 2.16 bits per heavy atom. The molecular formula is C14H17N3OS. The molecular weight excluding hydrogens is 258 g/mol. The molecule has 1 aromatic carbocycles. The van der Waals surface area contributed by atoms with Gasteiger partial charge in [-0.1, -0.05) is 29.5 Å². The molecule has 1 atom stereocenters. The van der Waals surface area contributed by atoms with Gasteiger partial charge in [0.15, 0.2) is 5.16 Å². The van der Waals surface area contributed by atoms with Crippen molar-refractivity contribution >= 4 is 17.7 Å². The van der Waals surface area contributed by atoms with Crippen LogP contribution >= 0.6 is 11.8 Å². The van der Waals surface area contributed by atoms with Crippen LogP contribution in [0.15, 0.2) is 35.7 Å².